The van der Waals surface area contributed by atoms with Crippen molar-refractivity contribution in [2.45, 2.75) is 168 Å². The van der Waals surface area contributed by atoms with Crippen molar-refractivity contribution in [1.29, 1.82) is 0 Å². The number of ether oxygens (including phenoxy) is 3. The molecule has 0 bridgehead atoms. The molecule has 6 nitrogen and oxygen atoms in total. The second kappa shape index (κ2) is 48.0. The van der Waals surface area contributed by atoms with Crippen LogP contribution in [0.3, 0.4) is 0 Å². The van der Waals surface area contributed by atoms with Gasteiger partial charge in [-0.2, -0.15) is 0 Å². The first-order chi connectivity index (χ1) is 30.0. The van der Waals surface area contributed by atoms with Crippen molar-refractivity contribution in [1.82, 2.24) is 0 Å². The van der Waals surface area contributed by atoms with Crippen molar-refractivity contribution in [3.8, 4) is 0 Å². The molecule has 1 unspecified atom stereocenters. The predicted octanol–water partition coefficient (Wildman–Crippen LogP) is 15.3. The van der Waals surface area contributed by atoms with E-state index in [2.05, 4.69) is 45.1 Å². The van der Waals surface area contributed by atoms with Gasteiger partial charge in [0.1, 0.15) is 13.2 Å². The van der Waals surface area contributed by atoms with Crippen molar-refractivity contribution in [3.05, 3.63) is 146 Å². The zero-order valence-corrected chi connectivity index (χ0v) is 38.4. The molecule has 0 aromatic heterocycles. The Hall–Kier alpha value is -4.71. The van der Waals surface area contributed by atoms with Crippen LogP contribution in [0.25, 0.3) is 0 Å². The summed E-state index contributed by atoms with van der Waals surface area (Å²) in [6.45, 7) is 6.21. The van der Waals surface area contributed by atoms with E-state index >= 15 is 0 Å². The Morgan fingerprint density at radius 1 is 0.344 bits per heavy atom. The number of esters is 3. The zero-order chi connectivity index (χ0) is 44.4. The standard InChI is InChI=1S/C55H82O6/c1-4-7-10-13-16-19-21-23-25-26-27-28-30-31-33-36-39-42-45-48-54(57)60-51-52(50-59-53(56)47-44-41-38-35-18-15-12-9-6-3)61-55(58)49-46-43-40-37-34-32-29-24-22-20-17-14-11-8-5-2/h7-8,10-11,13-14,16-17,19-34,52H,4-6,9,12,15,18,35-51H2,1-3H3/b10-7-,11-8-,16-13-,17-14-,21-19-,22-20-,25-23-,27-26+,29-24-,30-28-,33-31-,34-32-. The number of hydrogen-bond acceptors (Lipinski definition) is 6. The van der Waals surface area contributed by atoms with Crippen LogP contribution in [-0.4, -0.2) is 37.2 Å². The summed E-state index contributed by atoms with van der Waals surface area (Å²) in [4.78, 5) is 37.8. The average Bonchev–Trinajstić information content (AvgIpc) is 3.26. The van der Waals surface area contributed by atoms with Crippen LogP contribution in [0.15, 0.2) is 146 Å². The Kier molecular flexibility index (Phi) is 44.3. The summed E-state index contributed by atoms with van der Waals surface area (Å²) in [6, 6.07) is 0. The molecule has 0 spiro atoms. The van der Waals surface area contributed by atoms with Gasteiger partial charge in [-0.1, -0.05) is 231 Å². The third-order valence-electron chi connectivity index (χ3n) is 9.16. The van der Waals surface area contributed by atoms with Crippen molar-refractivity contribution in [2.24, 2.45) is 0 Å². The zero-order valence-electron chi connectivity index (χ0n) is 38.4. The highest BCUT2D eigenvalue weighted by atomic mass is 16.6. The van der Waals surface area contributed by atoms with Crippen molar-refractivity contribution < 1.29 is 28.6 Å². The molecule has 0 saturated carbocycles. The van der Waals surface area contributed by atoms with Gasteiger partial charge in [0, 0.05) is 19.3 Å². The van der Waals surface area contributed by atoms with E-state index in [9.17, 15) is 14.4 Å². The van der Waals surface area contributed by atoms with Gasteiger partial charge < -0.3 is 14.2 Å². The number of carbonyl (C=O) groups is 3. The first kappa shape index (κ1) is 56.3. The van der Waals surface area contributed by atoms with Crippen LogP contribution in [0.5, 0.6) is 0 Å². The van der Waals surface area contributed by atoms with Gasteiger partial charge in [0.25, 0.3) is 0 Å². The lowest BCUT2D eigenvalue weighted by Crippen LogP contribution is -2.30. The molecule has 0 aliphatic heterocycles. The smallest absolute Gasteiger partial charge is 0.306 e. The lowest BCUT2D eigenvalue weighted by molar-refractivity contribution is -0.167. The summed E-state index contributed by atoms with van der Waals surface area (Å²) in [6.07, 6.45) is 68.2. The fourth-order valence-electron chi connectivity index (χ4n) is 5.68. The van der Waals surface area contributed by atoms with E-state index in [1.165, 1.54) is 38.5 Å². The molecule has 0 rings (SSSR count). The molecule has 0 aromatic carbocycles. The van der Waals surface area contributed by atoms with E-state index in [4.69, 9.17) is 14.2 Å². The number of hydrogen-bond donors (Lipinski definition) is 0. The van der Waals surface area contributed by atoms with E-state index in [-0.39, 0.29) is 44.0 Å². The van der Waals surface area contributed by atoms with Crippen LogP contribution in [0.1, 0.15) is 162 Å². The van der Waals surface area contributed by atoms with Gasteiger partial charge in [-0.3, -0.25) is 14.4 Å². The summed E-state index contributed by atoms with van der Waals surface area (Å²) in [5.41, 5.74) is 0. The van der Waals surface area contributed by atoms with Gasteiger partial charge in [-0.05, 0) is 57.8 Å². The largest absolute Gasteiger partial charge is 0.462 e. The highest BCUT2D eigenvalue weighted by Crippen LogP contribution is 2.12. The molecule has 61 heavy (non-hydrogen) atoms. The topological polar surface area (TPSA) is 78.9 Å². The van der Waals surface area contributed by atoms with E-state index in [0.717, 1.165) is 70.6 Å². The fraction of sp³-hybridized carbons (Fsp3) is 0.509. The van der Waals surface area contributed by atoms with E-state index in [0.29, 0.717) is 19.3 Å². The third-order valence-corrected chi connectivity index (χ3v) is 9.16. The molecule has 0 N–H and O–H groups in total. The molecule has 0 heterocycles. The van der Waals surface area contributed by atoms with Crippen molar-refractivity contribution >= 4 is 17.9 Å². The van der Waals surface area contributed by atoms with Crippen LogP contribution in [0, 0.1) is 0 Å². The molecule has 1 atom stereocenters. The van der Waals surface area contributed by atoms with E-state index in [1.54, 1.807) is 0 Å². The number of allylic oxidation sites excluding steroid dienone is 24. The molecular formula is C55H82O6. The van der Waals surface area contributed by atoms with Crippen LogP contribution in [-0.2, 0) is 28.6 Å². The summed E-state index contributed by atoms with van der Waals surface area (Å²) in [7, 11) is 0. The lowest BCUT2D eigenvalue weighted by atomic mass is 10.1. The SMILES string of the molecule is CC\C=C/C=C\C=C/C=C\C=C/CCCCCC(=O)OC(COC(=O)CCCCC\C=C/C=C\C=C\C=C/C=C\C=C/C=C\CC)COC(=O)CCCCCCCCCCC. The van der Waals surface area contributed by atoms with Crippen LogP contribution in [0.2, 0.25) is 0 Å². The molecule has 0 aromatic rings. The molecule has 0 aliphatic rings. The van der Waals surface area contributed by atoms with Crippen molar-refractivity contribution in [2.75, 3.05) is 13.2 Å². The molecule has 0 amide bonds. The summed E-state index contributed by atoms with van der Waals surface area (Å²) < 4.78 is 16.6. The molecular weight excluding hydrogens is 757 g/mol. The highest BCUT2D eigenvalue weighted by molar-refractivity contribution is 5.71. The average molecular weight is 839 g/mol. The van der Waals surface area contributed by atoms with Crippen LogP contribution < -0.4 is 0 Å². The Morgan fingerprint density at radius 3 is 1.00 bits per heavy atom. The maximum Gasteiger partial charge on any atom is 0.306 e. The normalized spacial score (nSPS) is 13.4. The van der Waals surface area contributed by atoms with Crippen molar-refractivity contribution in [3.63, 3.8) is 0 Å². The fourth-order valence-corrected chi connectivity index (χ4v) is 5.68. The molecule has 0 saturated heterocycles. The Balaban J connectivity index is 4.58. The maximum absolute atomic E-state index is 12.7. The molecule has 0 radical (unpaired) electrons. The number of unbranched alkanes of at least 4 members (excludes halogenated alkanes) is 14. The van der Waals surface area contributed by atoms with Crippen LogP contribution >= 0.6 is 0 Å². The van der Waals surface area contributed by atoms with Gasteiger partial charge in [0.2, 0.25) is 0 Å². The number of rotatable bonds is 39. The number of carbonyl (C=O) groups excluding carboxylic acids is 3. The lowest BCUT2D eigenvalue weighted by Gasteiger charge is -2.18. The minimum atomic E-state index is -0.822. The molecule has 0 fully saturated rings. The minimum absolute atomic E-state index is 0.116. The second-order valence-corrected chi connectivity index (χ2v) is 14.9. The van der Waals surface area contributed by atoms with Gasteiger partial charge in [0.15, 0.2) is 6.10 Å². The Labute approximate surface area is 372 Å². The molecule has 338 valence electrons. The van der Waals surface area contributed by atoms with Gasteiger partial charge >= 0.3 is 17.9 Å². The van der Waals surface area contributed by atoms with Gasteiger partial charge in [-0.25, -0.2) is 0 Å². The summed E-state index contributed by atoms with van der Waals surface area (Å²) in [5.74, 6) is -1.02. The van der Waals surface area contributed by atoms with E-state index in [1.807, 2.05) is 122 Å². The predicted molar refractivity (Wildman–Crippen MR) is 260 cm³/mol. The summed E-state index contributed by atoms with van der Waals surface area (Å²) in [5, 5.41) is 0. The minimum Gasteiger partial charge on any atom is -0.462 e. The monoisotopic (exact) mass is 839 g/mol. The molecule has 0 aliphatic carbocycles. The first-order valence-corrected chi connectivity index (χ1v) is 23.5. The first-order valence-electron chi connectivity index (χ1n) is 23.5. The molecule has 6 heteroatoms. The van der Waals surface area contributed by atoms with Crippen LogP contribution in [0.4, 0.5) is 0 Å². The second-order valence-electron chi connectivity index (χ2n) is 14.9. The highest BCUT2D eigenvalue weighted by Gasteiger charge is 2.19. The van der Waals surface area contributed by atoms with Gasteiger partial charge in [-0.15, -0.1) is 0 Å². The van der Waals surface area contributed by atoms with Gasteiger partial charge in [0.05, 0.1) is 0 Å². The Bertz CT molecular complexity index is 1430. The third kappa shape index (κ3) is 46.2. The van der Waals surface area contributed by atoms with E-state index < -0.39 is 6.10 Å². The summed E-state index contributed by atoms with van der Waals surface area (Å²) >= 11 is 0. The Morgan fingerprint density at radius 2 is 0.639 bits per heavy atom. The maximum atomic E-state index is 12.7. The quantitative estimate of drug-likeness (QED) is 0.0265.